The van der Waals surface area contributed by atoms with Crippen LogP contribution in [-0.2, 0) is 10.9 Å². The third kappa shape index (κ3) is 2.18. The fourth-order valence-electron chi connectivity index (χ4n) is 1.80. The first-order chi connectivity index (χ1) is 8.86. The van der Waals surface area contributed by atoms with Gasteiger partial charge in [-0.3, -0.25) is 4.98 Å². The molecular weight excluding hydrogens is 261 g/mol. The molecule has 100 valence electrons. The number of anilines is 1. The Balaban J connectivity index is 2.85. The Hall–Kier alpha value is -2.31. The number of para-hydroxylation sites is 1. The highest BCUT2D eigenvalue weighted by molar-refractivity contribution is 6.08. The number of methoxy groups -OCH3 is 1. The summed E-state index contributed by atoms with van der Waals surface area (Å²) in [4.78, 5) is 15.3. The number of pyridine rings is 1. The van der Waals surface area contributed by atoms with Crippen LogP contribution in [-0.4, -0.2) is 18.1 Å². The minimum Gasteiger partial charge on any atom is -0.465 e. The van der Waals surface area contributed by atoms with Crippen LogP contribution in [0.5, 0.6) is 0 Å². The standard InChI is InChI=1S/C12H9F3N2O2/c1-19-11(18)9-6-3-2-4-7(12(13,14)15)10(6)17-5-8(9)16/h2-5H,16H2,1H3. The van der Waals surface area contributed by atoms with Crippen LogP contribution < -0.4 is 5.73 Å². The van der Waals surface area contributed by atoms with Crippen molar-refractivity contribution in [2.24, 2.45) is 0 Å². The molecule has 0 bridgehead atoms. The van der Waals surface area contributed by atoms with E-state index in [0.717, 1.165) is 19.4 Å². The van der Waals surface area contributed by atoms with Gasteiger partial charge in [0.2, 0.25) is 0 Å². The number of nitrogens with zero attached hydrogens (tertiary/aromatic N) is 1. The van der Waals surface area contributed by atoms with Crippen LogP contribution in [0.3, 0.4) is 0 Å². The maximum Gasteiger partial charge on any atom is 0.418 e. The highest BCUT2D eigenvalue weighted by Gasteiger charge is 2.34. The number of benzene rings is 1. The second-order valence-corrected chi connectivity index (χ2v) is 3.78. The number of nitrogen functional groups attached to an aromatic ring is 1. The molecule has 0 fully saturated rings. The summed E-state index contributed by atoms with van der Waals surface area (Å²) >= 11 is 0. The number of halogens is 3. The average molecular weight is 270 g/mol. The number of carbonyl (C=O) groups is 1. The van der Waals surface area contributed by atoms with Gasteiger partial charge in [-0.25, -0.2) is 4.79 Å². The second-order valence-electron chi connectivity index (χ2n) is 3.78. The molecule has 1 aromatic heterocycles. The van der Waals surface area contributed by atoms with E-state index >= 15 is 0 Å². The molecule has 0 saturated carbocycles. The zero-order chi connectivity index (χ0) is 14.2. The van der Waals surface area contributed by atoms with E-state index in [2.05, 4.69) is 9.72 Å². The maximum absolute atomic E-state index is 12.8. The topological polar surface area (TPSA) is 65.2 Å². The van der Waals surface area contributed by atoms with Crippen LogP contribution in [0.15, 0.2) is 24.4 Å². The molecule has 0 atom stereocenters. The van der Waals surface area contributed by atoms with Crippen LogP contribution in [0.2, 0.25) is 0 Å². The molecule has 0 aliphatic rings. The van der Waals surface area contributed by atoms with E-state index in [0.29, 0.717) is 0 Å². The number of alkyl halides is 3. The SMILES string of the molecule is COC(=O)c1c(N)cnc2c(C(F)(F)F)cccc12. The molecule has 4 nitrogen and oxygen atoms in total. The van der Waals surface area contributed by atoms with Gasteiger partial charge in [-0.2, -0.15) is 13.2 Å². The first-order valence-electron chi connectivity index (χ1n) is 5.19. The Kier molecular flexibility index (Phi) is 3.05. The first kappa shape index (κ1) is 13.1. The molecule has 2 aromatic rings. The number of rotatable bonds is 1. The summed E-state index contributed by atoms with van der Waals surface area (Å²) in [5.74, 6) is -0.802. The van der Waals surface area contributed by atoms with Crippen molar-refractivity contribution in [1.29, 1.82) is 0 Å². The molecule has 1 aromatic carbocycles. The predicted molar refractivity (Wildman–Crippen MR) is 62.5 cm³/mol. The molecule has 2 rings (SSSR count). The van der Waals surface area contributed by atoms with Crippen molar-refractivity contribution in [3.63, 3.8) is 0 Å². The maximum atomic E-state index is 12.8. The molecule has 2 N–H and O–H groups in total. The van der Waals surface area contributed by atoms with E-state index < -0.39 is 17.7 Å². The molecular formula is C12H9F3N2O2. The Bertz CT molecular complexity index is 653. The third-order valence-corrected chi connectivity index (χ3v) is 2.62. The second kappa shape index (κ2) is 4.42. The molecule has 7 heteroatoms. The van der Waals surface area contributed by atoms with Crippen molar-refractivity contribution in [3.05, 3.63) is 35.5 Å². The molecule has 0 spiro atoms. The molecule has 0 aliphatic carbocycles. The van der Waals surface area contributed by atoms with Crippen molar-refractivity contribution in [2.75, 3.05) is 12.8 Å². The summed E-state index contributed by atoms with van der Waals surface area (Å²) in [6.07, 6.45) is -3.54. The lowest BCUT2D eigenvalue weighted by Crippen LogP contribution is -2.11. The van der Waals surface area contributed by atoms with E-state index in [9.17, 15) is 18.0 Å². The highest BCUT2D eigenvalue weighted by Crippen LogP contribution is 2.35. The van der Waals surface area contributed by atoms with E-state index in [4.69, 9.17) is 5.73 Å². The Morgan fingerprint density at radius 3 is 2.63 bits per heavy atom. The van der Waals surface area contributed by atoms with E-state index in [1.165, 1.54) is 12.1 Å². The lowest BCUT2D eigenvalue weighted by atomic mass is 10.0. The van der Waals surface area contributed by atoms with Gasteiger partial charge in [-0.15, -0.1) is 0 Å². The minimum absolute atomic E-state index is 0.0154. The zero-order valence-corrected chi connectivity index (χ0v) is 9.78. The van der Waals surface area contributed by atoms with Crippen molar-refractivity contribution in [1.82, 2.24) is 4.98 Å². The van der Waals surface area contributed by atoms with Gasteiger partial charge >= 0.3 is 12.1 Å². The summed E-state index contributed by atoms with van der Waals surface area (Å²) in [5, 5.41) is 0.0154. The monoisotopic (exact) mass is 270 g/mol. The molecule has 0 saturated heterocycles. The number of esters is 1. The summed E-state index contributed by atoms with van der Waals surface area (Å²) in [6, 6.07) is 3.44. The summed E-state index contributed by atoms with van der Waals surface area (Å²) in [7, 11) is 1.13. The third-order valence-electron chi connectivity index (χ3n) is 2.62. The minimum atomic E-state index is -4.56. The lowest BCUT2D eigenvalue weighted by Gasteiger charge is -2.12. The van der Waals surface area contributed by atoms with Gasteiger partial charge in [0.05, 0.1) is 35.6 Å². The lowest BCUT2D eigenvalue weighted by molar-refractivity contribution is -0.136. The molecule has 19 heavy (non-hydrogen) atoms. The Labute approximate surface area is 106 Å². The molecule has 1 heterocycles. The zero-order valence-electron chi connectivity index (χ0n) is 9.78. The van der Waals surface area contributed by atoms with Crippen molar-refractivity contribution in [3.8, 4) is 0 Å². The van der Waals surface area contributed by atoms with E-state index in [1.54, 1.807) is 0 Å². The van der Waals surface area contributed by atoms with Crippen LogP contribution >= 0.6 is 0 Å². The molecule has 0 radical (unpaired) electrons. The average Bonchev–Trinajstić information content (AvgIpc) is 2.35. The quantitative estimate of drug-likeness (QED) is 0.809. The van der Waals surface area contributed by atoms with E-state index in [-0.39, 0.29) is 22.2 Å². The molecule has 0 aliphatic heterocycles. The number of aromatic nitrogens is 1. The van der Waals surface area contributed by atoms with Crippen LogP contribution in [0.1, 0.15) is 15.9 Å². The Morgan fingerprint density at radius 1 is 1.37 bits per heavy atom. The number of fused-ring (bicyclic) bond motifs is 1. The highest BCUT2D eigenvalue weighted by atomic mass is 19.4. The predicted octanol–water partition coefficient (Wildman–Crippen LogP) is 2.62. The number of nitrogens with two attached hydrogens (primary N) is 1. The van der Waals surface area contributed by atoms with Gasteiger partial charge in [-0.1, -0.05) is 12.1 Å². The van der Waals surface area contributed by atoms with Crippen LogP contribution in [0, 0.1) is 0 Å². The molecule has 0 amide bonds. The van der Waals surface area contributed by atoms with Gasteiger partial charge < -0.3 is 10.5 Å². The van der Waals surface area contributed by atoms with Crippen molar-refractivity contribution >= 4 is 22.6 Å². The van der Waals surface area contributed by atoms with Crippen LogP contribution in [0.25, 0.3) is 10.9 Å². The van der Waals surface area contributed by atoms with Crippen LogP contribution in [0.4, 0.5) is 18.9 Å². The van der Waals surface area contributed by atoms with Gasteiger partial charge in [0.15, 0.2) is 0 Å². The van der Waals surface area contributed by atoms with E-state index in [1.807, 2.05) is 0 Å². The fraction of sp³-hybridized carbons (Fsp3) is 0.167. The number of ether oxygens (including phenoxy) is 1. The summed E-state index contributed by atoms with van der Waals surface area (Å²) < 4.78 is 43.1. The van der Waals surface area contributed by atoms with Gasteiger partial charge in [0.1, 0.15) is 0 Å². The number of hydrogen-bond acceptors (Lipinski definition) is 4. The molecule has 0 unspecified atom stereocenters. The summed E-state index contributed by atoms with van der Waals surface area (Å²) in [5.41, 5.74) is 4.19. The fourth-order valence-corrected chi connectivity index (χ4v) is 1.80. The van der Waals surface area contributed by atoms with Crippen molar-refractivity contribution < 1.29 is 22.7 Å². The van der Waals surface area contributed by atoms with Gasteiger partial charge in [0, 0.05) is 5.39 Å². The number of carbonyl (C=O) groups excluding carboxylic acids is 1. The van der Waals surface area contributed by atoms with Gasteiger partial charge in [0.25, 0.3) is 0 Å². The normalized spacial score (nSPS) is 11.6. The number of hydrogen-bond donors (Lipinski definition) is 1. The largest absolute Gasteiger partial charge is 0.465 e. The Morgan fingerprint density at radius 2 is 2.05 bits per heavy atom. The van der Waals surface area contributed by atoms with Crippen molar-refractivity contribution in [2.45, 2.75) is 6.18 Å². The smallest absolute Gasteiger partial charge is 0.418 e. The van der Waals surface area contributed by atoms with Gasteiger partial charge in [-0.05, 0) is 6.07 Å². The first-order valence-corrected chi connectivity index (χ1v) is 5.19. The summed E-state index contributed by atoms with van der Waals surface area (Å²) in [6.45, 7) is 0.